The highest BCUT2D eigenvalue weighted by Gasteiger charge is 2.42. The Bertz CT molecular complexity index is 1260. The Morgan fingerprint density at radius 2 is 1.85 bits per heavy atom. The van der Waals surface area contributed by atoms with Gasteiger partial charge in [-0.15, -0.1) is 0 Å². The summed E-state index contributed by atoms with van der Waals surface area (Å²) in [6.45, 7) is 12.4. The lowest BCUT2D eigenvalue weighted by Crippen LogP contribution is -2.48. The van der Waals surface area contributed by atoms with Crippen LogP contribution in [0.25, 0.3) is 0 Å². The molecule has 0 radical (unpaired) electrons. The van der Waals surface area contributed by atoms with Crippen LogP contribution in [-0.2, 0) is 25.5 Å². The summed E-state index contributed by atoms with van der Waals surface area (Å²) in [6, 6.07) is 5.44. The molecule has 9 heteroatoms. The summed E-state index contributed by atoms with van der Waals surface area (Å²) in [5.74, 6) is -0.266. The van der Waals surface area contributed by atoms with Crippen LogP contribution in [0.4, 0.5) is 5.69 Å². The molecule has 1 aliphatic carbocycles. The molecule has 1 aromatic rings. The zero-order valence-electron chi connectivity index (χ0n) is 24.6. The van der Waals surface area contributed by atoms with Crippen LogP contribution >= 0.6 is 0 Å². The van der Waals surface area contributed by atoms with Crippen molar-refractivity contribution in [2.75, 3.05) is 19.7 Å². The number of hydrogen-bond acceptors (Lipinski definition) is 8. The van der Waals surface area contributed by atoms with Gasteiger partial charge in [0.25, 0.3) is 0 Å². The number of benzene rings is 1. The third kappa shape index (κ3) is 7.37. The van der Waals surface area contributed by atoms with Gasteiger partial charge in [-0.2, -0.15) is 0 Å². The fourth-order valence-corrected chi connectivity index (χ4v) is 5.42. The van der Waals surface area contributed by atoms with E-state index in [0.29, 0.717) is 43.8 Å². The number of ketones is 1. The Balaban J connectivity index is 1.36. The van der Waals surface area contributed by atoms with Crippen LogP contribution in [0.2, 0.25) is 0 Å². The second-order valence-corrected chi connectivity index (χ2v) is 13.2. The maximum Gasteiger partial charge on any atom is 0.344 e. The first-order valence-electron chi connectivity index (χ1n) is 14.0. The van der Waals surface area contributed by atoms with Crippen LogP contribution in [0.15, 0.2) is 39.5 Å². The second kappa shape index (κ2) is 11.2. The number of rotatable bonds is 5. The third-order valence-corrected chi connectivity index (χ3v) is 7.47. The summed E-state index contributed by atoms with van der Waals surface area (Å²) in [4.78, 5) is 49.3. The van der Waals surface area contributed by atoms with E-state index >= 15 is 0 Å². The van der Waals surface area contributed by atoms with Crippen molar-refractivity contribution >= 4 is 35.8 Å². The Labute approximate surface area is 236 Å². The molecule has 0 aromatic heterocycles. The van der Waals surface area contributed by atoms with E-state index in [-0.39, 0.29) is 35.2 Å². The van der Waals surface area contributed by atoms with E-state index < -0.39 is 11.6 Å². The molecule has 1 fully saturated rings. The first-order chi connectivity index (χ1) is 18.6. The van der Waals surface area contributed by atoms with Crippen molar-refractivity contribution in [3.63, 3.8) is 0 Å². The topological polar surface area (TPSA) is 124 Å². The molecule has 40 heavy (non-hydrogen) atoms. The monoisotopic (exact) mass is 550 g/mol. The summed E-state index contributed by atoms with van der Waals surface area (Å²) in [7, 11) is 0. The zero-order valence-corrected chi connectivity index (χ0v) is 24.6. The lowest BCUT2D eigenvalue weighted by atomic mass is 9.67. The number of piperidine rings is 1. The number of fused-ring (bicyclic) bond motifs is 1. The first-order valence-corrected chi connectivity index (χ1v) is 14.0. The van der Waals surface area contributed by atoms with E-state index in [1.165, 1.54) is 0 Å². The highest BCUT2D eigenvalue weighted by Crippen LogP contribution is 2.44. The Morgan fingerprint density at radius 3 is 2.50 bits per heavy atom. The van der Waals surface area contributed by atoms with Gasteiger partial charge in [-0.1, -0.05) is 0 Å². The smallest absolute Gasteiger partial charge is 0.344 e. The van der Waals surface area contributed by atoms with Gasteiger partial charge in [-0.05, 0) is 102 Å². The number of hydrogen-bond donors (Lipinski definition) is 1. The van der Waals surface area contributed by atoms with Crippen molar-refractivity contribution in [2.45, 2.75) is 84.8 Å². The van der Waals surface area contributed by atoms with Crippen molar-refractivity contribution in [1.29, 1.82) is 0 Å². The van der Waals surface area contributed by atoms with Crippen molar-refractivity contribution < 1.29 is 23.9 Å². The molecular weight excluding hydrogens is 508 g/mol. The normalized spacial score (nSPS) is 21.1. The van der Waals surface area contributed by atoms with Gasteiger partial charge in [0, 0.05) is 31.9 Å². The van der Waals surface area contributed by atoms with E-state index in [2.05, 4.69) is 9.98 Å². The SMILES string of the molecule is CC(C)(C)N=CC1=C(N)C(=O)CC2(CCN(C(=O)C3C=Nc4ccc(OCC(=O)OC(C)(C)C)cc4C3)CC2)C1. The summed E-state index contributed by atoms with van der Waals surface area (Å²) < 4.78 is 10.9. The summed E-state index contributed by atoms with van der Waals surface area (Å²) in [6.07, 6.45) is 6.61. The van der Waals surface area contributed by atoms with E-state index in [9.17, 15) is 14.4 Å². The molecule has 1 saturated heterocycles. The largest absolute Gasteiger partial charge is 0.482 e. The number of nitrogens with two attached hydrogens (primary N) is 1. The number of likely N-dealkylation sites (tertiary alicyclic amines) is 1. The van der Waals surface area contributed by atoms with Gasteiger partial charge in [0.1, 0.15) is 11.4 Å². The number of carbonyl (C=O) groups excluding carboxylic acids is 3. The average Bonchev–Trinajstić information content (AvgIpc) is 2.87. The zero-order chi connectivity index (χ0) is 29.3. The Kier molecular flexibility index (Phi) is 8.24. The van der Waals surface area contributed by atoms with Gasteiger partial charge in [0.05, 0.1) is 22.8 Å². The van der Waals surface area contributed by atoms with Gasteiger partial charge in [0.2, 0.25) is 5.91 Å². The number of esters is 1. The Morgan fingerprint density at radius 1 is 1.15 bits per heavy atom. The fourth-order valence-electron chi connectivity index (χ4n) is 5.42. The lowest BCUT2D eigenvalue weighted by molar-refractivity contribution is -0.157. The quantitative estimate of drug-likeness (QED) is 0.430. The van der Waals surface area contributed by atoms with Gasteiger partial charge in [0.15, 0.2) is 12.4 Å². The molecule has 4 rings (SSSR count). The van der Waals surface area contributed by atoms with Crippen molar-refractivity contribution in [1.82, 2.24) is 4.90 Å². The standard InChI is InChI=1S/C31H42N4O5/c1-29(2,3)34-18-22-15-31(16-25(36)27(22)32)9-11-35(12-10-31)28(38)21-13-20-14-23(7-8-24(20)33-17-21)39-19-26(37)40-30(4,5)6/h7-8,14,17-18,21H,9-13,15-16,19,32H2,1-6H3. The van der Waals surface area contributed by atoms with Crippen molar-refractivity contribution in [2.24, 2.45) is 27.1 Å². The number of nitrogens with zero attached hydrogens (tertiary/aromatic N) is 3. The molecular formula is C31H42N4O5. The molecule has 2 aliphatic heterocycles. The number of aliphatic imine (C=N–C) groups is 2. The van der Waals surface area contributed by atoms with Crippen LogP contribution in [0.5, 0.6) is 5.75 Å². The molecule has 0 bridgehead atoms. The molecule has 1 amide bonds. The number of carbonyl (C=O) groups is 3. The minimum Gasteiger partial charge on any atom is -0.482 e. The summed E-state index contributed by atoms with van der Waals surface area (Å²) in [5, 5.41) is 0. The van der Waals surface area contributed by atoms with E-state index in [0.717, 1.165) is 29.7 Å². The van der Waals surface area contributed by atoms with Crippen LogP contribution < -0.4 is 10.5 Å². The molecule has 2 heterocycles. The van der Waals surface area contributed by atoms with Crippen LogP contribution in [-0.4, -0.2) is 65.8 Å². The van der Waals surface area contributed by atoms with Crippen LogP contribution in [0, 0.1) is 11.3 Å². The van der Waals surface area contributed by atoms with Gasteiger partial charge < -0.3 is 20.1 Å². The number of ether oxygens (including phenoxy) is 2. The minimum atomic E-state index is -0.577. The molecule has 216 valence electrons. The molecule has 1 atom stereocenters. The van der Waals surface area contributed by atoms with E-state index in [1.807, 2.05) is 58.6 Å². The highest BCUT2D eigenvalue weighted by molar-refractivity contribution is 6.02. The predicted molar refractivity (Wildman–Crippen MR) is 155 cm³/mol. The fraction of sp³-hybridized carbons (Fsp3) is 0.581. The summed E-state index contributed by atoms with van der Waals surface area (Å²) in [5.41, 5.74) is 7.96. The molecule has 0 saturated carbocycles. The van der Waals surface area contributed by atoms with Gasteiger partial charge in [-0.25, -0.2) is 4.79 Å². The second-order valence-electron chi connectivity index (χ2n) is 13.2. The molecule has 1 aromatic carbocycles. The maximum absolute atomic E-state index is 13.5. The average molecular weight is 551 g/mol. The number of allylic oxidation sites excluding steroid dienone is 2. The maximum atomic E-state index is 13.5. The highest BCUT2D eigenvalue weighted by atomic mass is 16.6. The van der Waals surface area contributed by atoms with Gasteiger partial charge >= 0.3 is 5.97 Å². The van der Waals surface area contributed by atoms with E-state index in [4.69, 9.17) is 15.2 Å². The Hall–Kier alpha value is -3.49. The van der Waals surface area contributed by atoms with Crippen molar-refractivity contribution in [3.05, 3.63) is 35.0 Å². The molecule has 1 unspecified atom stereocenters. The molecule has 2 N–H and O–H groups in total. The lowest BCUT2D eigenvalue weighted by Gasteiger charge is -2.44. The minimum absolute atomic E-state index is 0.0258. The molecule has 9 nitrogen and oxygen atoms in total. The van der Waals surface area contributed by atoms with E-state index in [1.54, 1.807) is 18.5 Å². The van der Waals surface area contributed by atoms with Crippen LogP contribution in [0.1, 0.15) is 72.8 Å². The van der Waals surface area contributed by atoms with Gasteiger partial charge in [-0.3, -0.25) is 19.6 Å². The third-order valence-electron chi connectivity index (χ3n) is 7.47. The molecule has 1 spiro atoms. The number of Topliss-reactive ketones (excluding diaryl/α,β-unsaturated/α-hetero) is 1. The first kappa shape index (κ1) is 29.5. The molecule has 3 aliphatic rings. The van der Waals surface area contributed by atoms with Crippen LogP contribution in [0.3, 0.4) is 0 Å². The van der Waals surface area contributed by atoms with Crippen molar-refractivity contribution in [3.8, 4) is 5.75 Å². The number of amides is 1. The predicted octanol–water partition coefficient (Wildman–Crippen LogP) is 4.34. The summed E-state index contributed by atoms with van der Waals surface area (Å²) >= 11 is 0.